The highest BCUT2D eigenvalue weighted by Crippen LogP contribution is 2.53. The topological polar surface area (TPSA) is 84.8 Å². The first-order valence-corrected chi connectivity index (χ1v) is 18.4. The van der Waals surface area contributed by atoms with Gasteiger partial charge in [0.25, 0.3) is 0 Å². The van der Waals surface area contributed by atoms with Crippen LogP contribution in [0.5, 0.6) is 11.5 Å². The second kappa shape index (κ2) is 15.8. The summed E-state index contributed by atoms with van der Waals surface area (Å²) in [6, 6.07) is 13.4. The van der Waals surface area contributed by atoms with Crippen LogP contribution in [0, 0.1) is 11.8 Å². The van der Waals surface area contributed by atoms with E-state index >= 15 is 0 Å². The number of fused-ring (bicyclic) bond motifs is 1. The molecule has 2 unspecified atom stereocenters. The fourth-order valence-electron chi connectivity index (χ4n) is 4.38. The molecule has 0 spiro atoms. The molecular formula is C33H48O8SSi. The van der Waals surface area contributed by atoms with E-state index in [1.165, 1.54) is 0 Å². The van der Waals surface area contributed by atoms with Crippen molar-refractivity contribution in [1.82, 2.24) is 0 Å². The maximum Gasteiger partial charge on any atom is 0.192 e. The first kappa shape index (κ1) is 35.4. The number of aliphatic hydroxyl groups is 1. The van der Waals surface area contributed by atoms with Gasteiger partial charge in [-0.3, -0.25) is 0 Å². The van der Waals surface area contributed by atoms with Gasteiger partial charge >= 0.3 is 0 Å². The molecule has 1 aliphatic rings. The molecule has 0 radical (unpaired) electrons. The third-order valence-corrected chi connectivity index (χ3v) is 14.1. The molecule has 0 saturated carbocycles. The minimum absolute atomic E-state index is 0.146. The van der Waals surface area contributed by atoms with E-state index in [1.807, 2.05) is 49.4 Å². The van der Waals surface area contributed by atoms with E-state index in [2.05, 4.69) is 45.7 Å². The predicted octanol–water partition coefficient (Wildman–Crippen LogP) is 5.96. The summed E-state index contributed by atoms with van der Waals surface area (Å²) in [5, 5.41) is 12.6. The highest BCUT2D eigenvalue weighted by atomic mass is 32.2. The summed E-state index contributed by atoms with van der Waals surface area (Å²) >= 11 is 1.66. The summed E-state index contributed by atoms with van der Waals surface area (Å²) in [4.78, 5) is 0.914. The van der Waals surface area contributed by atoms with Gasteiger partial charge in [0.15, 0.2) is 27.5 Å². The maximum absolute atomic E-state index is 12.4. The van der Waals surface area contributed by atoms with Gasteiger partial charge < -0.3 is 38.0 Å². The average molecular weight is 633 g/mol. The molecule has 0 fully saturated rings. The molecule has 0 bridgehead atoms. The van der Waals surface area contributed by atoms with Crippen LogP contribution >= 0.6 is 11.8 Å². The maximum atomic E-state index is 12.4. The minimum atomic E-state index is -1.77. The Bertz CT molecular complexity index is 1220. The SMILES string of the molecule is COCOc1ccc(C2(C)CSc3cc(OCOC)ccc3C2(O)C#CCOCCOCCO[Si](C)(C)C(C)(C)C)cc1. The Morgan fingerprint density at radius 3 is 2.14 bits per heavy atom. The number of ether oxygens (including phenoxy) is 6. The predicted molar refractivity (Wildman–Crippen MR) is 172 cm³/mol. The first-order valence-electron chi connectivity index (χ1n) is 14.5. The van der Waals surface area contributed by atoms with Crippen LogP contribution in [0.2, 0.25) is 18.1 Å². The zero-order chi connectivity index (χ0) is 31.6. The quantitative estimate of drug-likeness (QED) is 0.111. The second-order valence-corrected chi connectivity index (χ2v) is 18.0. The molecule has 238 valence electrons. The highest BCUT2D eigenvalue weighted by molar-refractivity contribution is 7.99. The molecule has 1 N–H and O–H groups in total. The van der Waals surface area contributed by atoms with E-state index in [-0.39, 0.29) is 25.2 Å². The van der Waals surface area contributed by atoms with E-state index in [4.69, 9.17) is 32.8 Å². The highest BCUT2D eigenvalue weighted by Gasteiger charge is 2.52. The summed E-state index contributed by atoms with van der Waals surface area (Å²) < 4.78 is 38.9. The first-order chi connectivity index (χ1) is 20.4. The number of methoxy groups -OCH3 is 2. The molecule has 0 aliphatic carbocycles. The van der Waals surface area contributed by atoms with Crippen LogP contribution in [0.25, 0.3) is 0 Å². The number of rotatable bonds is 15. The summed E-state index contributed by atoms with van der Waals surface area (Å²) in [6.07, 6.45) is 0. The van der Waals surface area contributed by atoms with Crippen LogP contribution < -0.4 is 9.47 Å². The zero-order valence-electron chi connectivity index (χ0n) is 26.9. The Kier molecular flexibility index (Phi) is 13.0. The van der Waals surface area contributed by atoms with E-state index in [0.29, 0.717) is 43.7 Å². The normalized spacial score (nSPS) is 20.2. The summed E-state index contributed by atoms with van der Waals surface area (Å²) in [5.74, 6) is 8.24. The van der Waals surface area contributed by atoms with Crippen LogP contribution in [0.3, 0.4) is 0 Å². The number of hydrogen-bond acceptors (Lipinski definition) is 9. The van der Waals surface area contributed by atoms with E-state index in [9.17, 15) is 5.11 Å². The molecule has 1 aliphatic heterocycles. The summed E-state index contributed by atoms with van der Waals surface area (Å²) in [5.41, 5.74) is -0.530. The van der Waals surface area contributed by atoms with Gasteiger partial charge in [-0.05, 0) is 48.0 Å². The van der Waals surface area contributed by atoms with Gasteiger partial charge in [-0.1, -0.05) is 57.7 Å². The molecular weight excluding hydrogens is 585 g/mol. The van der Waals surface area contributed by atoms with Crippen molar-refractivity contribution in [3.05, 3.63) is 53.6 Å². The van der Waals surface area contributed by atoms with Crippen molar-refractivity contribution in [2.45, 2.75) is 61.7 Å². The Hall–Kier alpha value is -2.07. The molecule has 8 nitrogen and oxygen atoms in total. The molecule has 43 heavy (non-hydrogen) atoms. The Morgan fingerprint density at radius 1 is 0.884 bits per heavy atom. The largest absolute Gasteiger partial charge is 0.468 e. The number of thioether (sulfide) groups is 1. The Balaban J connectivity index is 1.69. The lowest BCUT2D eigenvalue weighted by Crippen LogP contribution is -2.50. The fraction of sp³-hybridized carbons (Fsp3) is 0.576. The van der Waals surface area contributed by atoms with Crippen molar-refractivity contribution in [2.75, 3.05) is 66.6 Å². The molecule has 2 aromatic carbocycles. The molecule has 0 saturated heterocycles. The van der Waals surface area contributed by atoms with Gasteiger partial charge in [-0.15, -0.1) is 11.8 Å². The van der Waals surface area contributed by atoms with E-state index in [0.717, 1.165) is 16.0 Å². The summed E-state index contributed by atoms with van der Waals surface area (Å²) in [6.45, 7) is 15.6. The van der Waals surface area contributed by atoms with Crippen molar-refractivity contribution in [2.24, 2.45) is 0 Å². The van der Waals surface area contributed by atoms with Gasteiger partial charge in [0, 0.05) is 35.8 Å². The molecule has 0 amide bonds. The van der Waals surface area contributed by atoms with E-state index in [1.54, 1.807) is 26.0 Å². The van der Waals surface area contributed by atoms with Crippen LogP contribution in [-0.2, 0) is 34.4 Å². The van der Waals surface area contributed by atoms with Crippen molar-refractivity contribution in [1.29, 1.82) is 0 Å². The lowest BCUT2D eigenvalue weighted by atomic mass is 9.66. The molecule has 1 heterocycles. The van der Waals surface area contributed by atoms with Crippen molar-refractivity contribution in [3.8, 4) is 23.3 Å². The Morgan fingerprint density at radius 2 is 1.49 bits per heavy atom. The lowest BCUT2D eigenvalue weighted by Gasteiger charge is -2.46. The second-order valence-electron chi connectivity index (χ2n) is 12.2. The third-order valence-electron chi connectivity index (χ3n) is 8.15. The molecule has 2 atom stereocenters. The van der Waals surface area contributed by atoms with Crippen molar-refractivity contribution in [3.63, 3.8) is 0 Å². The Labute approximate surface area is 262 Å². The van der Waals surface area contributed by atoms with Gasteiger partial charge in [0.05, 0.1) is 26.4 Å². The number of hydrogen-bond donors (Lipinski definition) is 1. The summed E-state index contributed by atoms with van der Waals surface area (Å²) in [7, 11) is 1.39. The zero-order valence-corrected chi connectivity index (χ0v) is 28.7. The van der Waals surface area contributed by atoms with E-state index < -0.39 is 19.3 Å². The standard InChI is InChI=1S/C33H48O8SSi/c1-31(2,3)43(7,8)41-21-20-38-19-18-37-17-9-16-33(34)29-15-14-28(40-25-36-6)22-30(29)42-23-32(33,4)26-10-12-27(13-11-26)39-24-35-5/h10-15,22,34H,17-21,23-25H2,1-8H3. The number of benzene rings is 2. The van der Waals surface area contributed by atoms with Crippen LogP contribution in [0.15, 0.2) is 47.4 Å². The van der Waals surface area contributed by atoms with Crippen LogP contribution in [0.1, 0.15) is 38.8 Å². The third kappa shape index (κ3) is 8.99. The van der Waals surface area contributed by atoms with Crippen LogP contribution in [-0.4, -0.2) is 80.0 Å². The van der Waals surface area contributed by atoms with Gasteiger partial charge in [-0.25, -0.2) is 0 Å². The van der Waals surface area contributed by atoms with Crippen molar-refractivity contribution >= 4 is 20.1 Å². The molecule has 2 aromatic rings. The fourth-order valence-corrected chi connectivity index (χ4v) is 6.80. The lowest BCUT2D eigenvalue weighted by molar-refractivity contribution is 0.0221. The molecule has 10 heteroatoms. The molecule has 3 rings (SSSR count). The monoisotopic (exact) mass is 632 g/mol. The van der Waals surface area contributed by atoms with Gasteiger partial charge in [0.1, 0.15) is 18.1 Å². The average Bonchev–Trinajstić information content (AvgIpc) is 2.97. The van der Waals surface area contributed by atoms with Crippen LogP contribution in [0.4, 0.5) is 0 Å². The molecule has 0 aromatic heterocycles. The smallest absolute Gasteiger partial charge is 0.192 e. The van der Waals surface area contributed by atoms with Gasteiger partial charge in [0.2, 0.25) is 0 Å². The minimum Gasteiger partial charge on any atom is -0.468 e. The van der Waals surface area contributed by atoms with Crippen molar-refractivity contribution < 1.29 is 38.0 Å². The van der Waals surface area contributed by atoms with Gasteiger partial charge in [-0.2, -0.15) is 0 Å².